The van der Waals surface area contributed by atoms with Gasteiger partial charge in [0.1, 0.15) is 0 Å². The number of halogens is 2. The second kappa shape index (κ2) is 3.72. The van der Waals surface area contributed by atoms with Crippen molar-refractivity contribution in [1.29, 1.82) is 0 Å². The van der Waals surface area contributed by atoms with Crippen molar-refractivity contribution in [3.63, 3.8) is 0 Å². The molecule has 0 aliphatic carbocycles. The number of rotatable bonds is 0. The average molecular weight is 285 g/mol. The molecule has 1 heterocycles. The number of hydrogen-bond donors (Lipinski definition) is 1. The number of hydrogen-bond acceptors (Lipinski definition) is 1. The predicted molar refractivity (Wildman–Crippen MR) is 43.8 cm³/mol. The fourth-order valence-corrected chi connectivity index (χ4v) is 1.64. The van der Waals surface area contributed by atoms with Crippen LogP contribution in [0.4, 0.5) is 0 Å². The molecule has 0 atom stereocenters. The molecule has 4 heteroatoms. The minimum Gasteiger partial charge on any atom is -1.00 e. The minimum atomic E-state index is -0.0619. The summed E-state index contributed by atoms with van der Waals surface area (Å²) in [5.41, 5.74) is -0.0619. The Labute approximate surface area is 85.6 Å². The average Bonchev–Trinajstić information content (AvgIpc) is 2.04. The first-order valence-corrected chi connectivity index (χ1v) is 4.08. The zero-order valence-corrected chi connectivity index (χ0v) is 9.91. The Bertz CT molecular complexity index is 208. The van der Waals surface area contributed by atoms with Crippen molar-refractivity contribution in [2.45, 2.75) is 26.3 Å². The summed E-state index contributed by atoms with van der Waals surface area (Å²) in [7, 11) is 0. The van der Waals surface area contributed by atoms with E-state index in [1.807, 2.05) is 6.92 Å². The van der Waals surface area contributed by atoms with Gasteiger partial charge < -0.3 is 21.7 Å². The van der Waals surface area contributed by atoms with E-state index in [2.05, 4.69) is 34.8 Å². The Morgan fingerprint density at radius 3 is 2.27 bits per heavy atom. The maximum Gasteiger partial charge on any atom is 0.337 e. The maximum atomic E-state index is 5.35. The quantitative estimate of drug-likeness (QED) is 0.524. The van der Waals surface area contributed by atoms with E-state index in [-0.39, 0.29) is 22.5 Å². The topological polar surface area (TPSA) is 23.2 Å². The fraction of sp³-hybridized carbons (Fsp3) is 0.571. The van der Waals surface area contributed by atoms with Gasteiger partial charge in [-0.1, -0.05) is 15.9 Å². The Kier molecular flexibility index (Phi) is 3.77. The standard InChI is InChI=1S/C7H10BrNO.BrH/c1-5-9-7(2,3)6(4-8)10-5;/h4H,1-3H3;1H/b6-4-;. The summed E-state index contributed by atoms with van der Waals surface area (Å²) in [5.74, 6) is 1.78. The van der Waals surface area contributed by atoms with E-state index < -0.39 is 0 Å². The van der Waals surface area contributed by atoms with Crippen molar-refractivity contribution in [2.75, 3.05) is 0 Å². The fourth-order valence-electron chi connectivity index (χ4n) is 0.978. The largest absolute Gasteiger partial charge is 1.00 e. The smallest absolute Gasteiger partial charge is 0.337 e. The molecule has 0 radical (unpaired) electrons. The third-order valence-electron chi connectivity index (χ3n) is 1.47. The van der Waals surface area contributed by atoms with Gasteiger partial charge >= 0.3 is 5.90 Å². The molecule has 0 saturated heterocycles. The summed E-state index contributed by atoms with van der Waals surface area (Å²) in [4.78, 5) is 4.99. The molecule has 0 aromatic heterocycles. The van der Waals surface area contributed by atoms with Crippen LogP contribution in [-0.4, -0.2) is 11.4 Å². The number of nitrogens with one attached hydrogen (secondary N) is 1. The summed E-state index contributed by atoms with van der Waals surface area (Å²) < 4.78 is 5.35. The van der Waals surface area contributed by atoms with E-state index in [9.17, 15) is 0 Å². The number of ether oxygens (including phenoxy) is 1. The molecule has 0 spiro atoms. The normalized spacial score (nSPS) is 24.0. The van der Waals surface area contributed by atoms with Gasteiger partial charge in [-0.3, -0.25) is 0 Å². The Morgan fingerprint density at radius 2 is 2.09 bits per heavy atom. The van der Waals surface area contributed by atoms with E-state index in [0.717, 1.165) is 11.7 Å². The summed E-state index contributed by atoms with van der Waals surface area (Å²) in [6.45, 7) is 6.04. The van der Waals surface area contributed by atoms with Crippen LogP contribution in [0.3, 0.4) is 0 Å². The molecular weight excluding hydrogens is 274 g/mol. The molecule has 11 heavy (non-hydrogen) atoms. The molecule has 0 bridgehead atoms. The highest BCUT2D eigenvalue weighted by atomic mass is 79.9. The van der Waals surface area contributed by atoms with Gasteiger partial charge in [-0.05, 0) is 0 Å². The van der Waals surface area contributed by atoms with Gasteiger partial charge in [-0.25, -0.2) is 4.99 Å². The molecule has 2 nitrogen and oxygen atoms in total. The first-order chi connectivity index (χ1) is 4.56. The molecule has 1 aliphatic rings. The maximum absolute atomic E-state index is 5.35. The zero-order chi connectivity index (χ0) is 7.78. The van der Waals surface area contributed by atoms with Crippen LogP contribution in [0.5, 0.6) is 0 Å². The van der Waals surface area contributed by atoms with Crippen LogP contribution in [0.25, 0.3) is 0 Å². The van der Waals surface area contributed by atoms with Crippen molar-refractivity contribution in [1.82, 2.24) is 0 Å². The Morgan fingerprint density at radius 1 is 1.55 bits per heavy atom. The molecule has 64 valence electrons. The van der Waals surface area contributed by atoms with Crippen LogP contribution in [0, 0.1) is 0 Å². The lowest BCUT2D eigenvalue weighted by Gasteiger charge is -2.06. The van der Waals surface area contributed by atoms with Crippen molar-refractivity contribution in [2.24, 2.45) is 0 Å². The van der Waals surface area contributed by atoms with Crippen molar-refractivity contribution in [3.8, 4) is 0 Å². The third kappa shape index (κ3) is 2.30. The van der Waals surface area contributed by atoms with Gasteiger partial charge in [0, 0.05) is 18.8 Å². The molecule has 1 aliphatic heterocycles. The van der Waals surface area contributed by atoms with Crippen molar-refractivity contribution < 1.29 is 26.7 Å². The molecule has 1 rings (SSSR count). The van der Waals surface area contributed by atoms with Crippen LogP contribution in [-0.2, 0) is 4.74 Å². The van der Waals surface area contributed by atoms with Gasteiger partial charge in [0.2, 0.25) is 5.54 Å². The molecule has 0 aromatic rings. The Hall–Kier alpha value is 0.170. The van der Waals surface area contributed by atoms with Gasteiger partial charge in [-0.2, -0.15) is 0 Å². The molecule has 0 aromatic carbocycles. The van der Waals surface area contributed by atoms with Crippen LogP contribution in [0.1, 0.15) is 20.8 Å². The van der Waals surface area contributed by atoms with Gasteiger partial charge in [0.05, 0.1) is 6.92 Å². The first kappa shape index (κ1) is 11.2. The lowest BCUT2D eigenvalue weighted by atomic mass is 10.1. The highest BCUT2D eigenvalue weighted by Gasteiger charge is 2.37. The Balaban J connectivity index is 0.000001000. The van der Waals surface area contributed by atoms with E-state index in [1.165, 1.54) is 0 Å². The van der Waals surface area contributed by atoms with E-state index in [0.29, 0.717) is 0 Å². The van der Waals surface area contributed by atoms with Gasteiger partial charge in [0.25, 0.3) is 0 Å². The molecule has 1 N–H and O–H groups in total. The molecule has 0 unspecified atom stereocenters. The predicted octanol–water partition coefficient (Wildman–Crippen LogP) is -2.47. The van der Waals surface area contributed by atoms with E-state index >= 15 is 0 Å². The summed E-state index contributed by atoms with van der Waals surface area (Å²) in [6, 6.07) is 0. The van der Waals surface area contributed by atoms with Crippen LogP contribution in [0.15, 0.2) is 10.7 Å². The summed E-state index contributed by atoms with van der Waals surface area (Å²) in [5, 5.41) is 0. The molecule has 0 amide bonds. The summed E-state index contributed by atoms with van der Waals surface area (Å²) >= 11 is 3.24. The lowest BCUT2D eigenvalue weighted by molar-refractivity contribution is -0.524. The van der Waals surface area contributed by atoms with Crippen molar-refractivity contribution >= 4 is 21.8 Å². The van der Waals surface area contributed by atoms with Crippen molar-refractivity contribution in [3.05, 3.63) is 10.7 Å². The van der Waals surface area contributed by atoms with E-state index in [1.54, 1.807) is 4.99 Å². The van der Waals surface area contributed by atoms with Gasteiger partial charge in [0.15, 0.2) is 5.76 Å². The third-order valence-corrected chi connectivity index (χ3v) is 1.88. The lowest BCUT2D eigenvalue weighted by Crippen LogP contribution is -3.00. The minimum absolute atomic E-state index is 0. The van der Waals surface area contributed by atoms with Crippen LogP contribution in [0.2, 0.25) is 0 Å². The molecule has 0 fully saturated rings. The highest BCUT2D eigenvalue weighted by molar-refractivity contribution is 9.11. The molecular formula is C7H11Br2NO. The second-order valence-corrected chi connectivity index (χ2v) is 3.34. The SMILES string of the molecule is CC1=[NH+]C(C)(C)/C(=C/Br)O1.[Br-]. The zero-order valence-electron chi connectivity index (χ0n) is 6.74. The summed E-state index contributed by atoms with van der Waals surface area (Å²) in [6.07, 6.45) is 0. The second-order valence-electron chi connectivity index (χ2n) is 2.88. The van der Waals surface area contributed by atoms with Crippen LogP contribution >= 0.6 is 15.9 Å². The highest BCUT2D eigenvalue weighted by Crippen LogP contribution is 2.16. The van der Waals surface area contributed by atoms with Crippen LogP contribution < -0.4 is 22.0 Å². The van der Waals surface area contributed by atoms with Gasteiger partial charge in [-0.15, -0.1) is 0 Å². The van der Waals surface area contributed by atoms with E-state index in [4.69, 9.17) is 4.74 Å². The molecule has 0 saturated carbocycles. The first-order valence-electron chi connectivity index (χ1n) is 3.17. The monoisotopic (exact) mass is 283 g/mol.